The van der Waals surface area contributed by atoms with Gasteiger partial charge in [-0.3, -0.25) is 4.79 Å². The molecule has 0 unspecified atom stereocenters. The molecule has 1 saturated heterocycles. The highest BCUT2D eigenvalue weighted by Gasteiger charge is 2.29. The summed E-state index contributed by atoms with van der Waals surface area (Å²) in [6, 6.07) is 7.32. The molecule has 1 aliphatic heterocycles. The van der Waals surface area contributed by atoms with E-state index < -0.39 is 0 Å². The van der Waals surface area contributed by atoms with E-state index in [1.165, 1.54) is 0 Å². The topological polar surface area (TPSA) is 67.2 Å². The third kappa shape index (κ3) is 4.35. The monoisotopic (exact) mass is 383 g/mol. The smallest absolute Gasteiger partial charge is 0.257 e. The molecule has 1 amide bonds. The zero-order chi connectivity index (χ0) is 17.2. The van der Waals surface area contributed by atoms with Crippen LogP contribution >= 0.6 is 24.0 Å². The van der Waals surface area contributed by atoms with E-state index >= 15 is 0 Å². The van der Waals surface area contributed by atoms with E-state index in [9.17, 15) is 4.79 Å². The van der Waals surface area contributed by atoms with Crippen LogP contribution in [0.15, 0.2) is 28.8 Å². The van der Waals surface area contributed by atoms with Crippen molar-refractivity contribution in [3.05, 3.63) is 40.6 Å². The van der Waals surface area contributed by atoms with Gasteiger partial charge in [-0.15, -0.1) is 12.4 Å². The number of carbonyl (C=O) groups excluding carboxylic acids is 1. The second-order valence-electron chi connectivity index (χ2n) is 6.69. The van der Waals surface area contributed by atoms with Gasteiger partial charge in [0, 0.05) is 12.1 Å². The van der Waals surface area contributed by atoms with Crippen molar-refractivity contribution in [1.82, 2.24) is 15.8 Å². The van der Waals surface area contributed by atoms with Crippen LogP contribution in [0.2, 0.25) is 5.02 Å². The Bertz CT molecular complexity index is 740. The fourth-order valence-electron chi connectivity index (χ4n) is 3.07. The Morgan fingerprint density at radius 1 is 1.36 bits per heavy atom. The summed E-state index contributed by atoms with van der Waals surface area (Å²) < 4.78 is 5.26. The second kappa shape index (κ2) is 8.21. The summed E-state index contributed by atoms with van der Waals surface area (Å²) in [6.07, 6.45) is 2.10. The third-order valence-corrected chi connectivity index (χ3v) is 5.03. The van der Waals surface area contributed by atoms with Crippen LogP contribution in [0.4, 0.5) is 0 Å². The molecular formula is C18H23Cl2N3O2. The summed E-state index contributed by atoms with van der Waals surface area (Å²) in [5.41, 5.74) is 1.78. The van der Waals surface area contributed by atoms with Gasteiger partial charge in [0.25, 0.3) is 5.91 Å². The number of halogens is 2. The third-order valence-electron chi connectivity index (χ3n) is 4.71. The van der Waals surface area contributed by atoms with Crippen molar-refractivity contribution in [2.75, 3.05) is 19.6 Å². The highest BCUT2D eigenvalue weighted by molar-refractivity contribution is 6.33. The molecule has 0 bridgehead atoms. The van der Waals surface area contributed by atoms with Gasteiger partial charge in [-0.05, 0) is 44.3 Å². The molecule has 25 heavy (non-hydrogen) atoms. The van der Waals surface area contributed by atoms with Crippen LogP contribution in [0.5, 0.6) is 0 Å². The minimum Gasteiger partial charge on any atom is -0.360 e. The fraction of sp³-hybridized carbons (Fsp3) is 0.444. The molecule has 1 aromatic carbocycles. The minimum absolute atomic E-state index is 0. The van der Waals surface area contributed by atoms with Crippen LogP contribution in [-0.2, 0) is 0 Å². The number of rotatable bonds is 4. The molecular weight excluding hydrogens is 361 g/mol. The average molecular weight is 384 g/mol. The SMILES string of the molecule is Cc1onc(-c2ccccc2Cl)c1C(=O)NCC1(C)CCNCC1.Cl. The van der Waals surface area contributed by atoms with Crippen molar-refractivity contribution < 1.29 is 9.32 Å². The lowest BCUT2D eigenvalue weighted by Crippen LogP contribution is -2.43. The van der Waals surface area contributed by atoms with Crippen molar-refractivity contribution in [2.24, 2.45) is 5.41 Å². The van der Waals surface area contributed by atoms with Crippen LogP contribution in [0.3, 0.4) is 0 Å². The number of carbonyl (C=O) groups is 1. The first-order valence-electron chi connectivity index (χ1n) is 8.20. The zero-order valence-corrected chi connectivity index (χ0v) is 16.0. The number of aryl methyl sites for hydroxylation is 1. The van der Waals surface area contributed by atoms with Crippen LogP contribution in [0.1, 0.15) is 35.9 Å². The Balaban J connectivity index is 0.00000225. The summed E-state index contributed by atoms with van der Waals surface area (Å²) in [5.74, 6) is 0.335. The number of piperidine rings is 1. The molecule has 0 saturated carbocycles. The molecule has 1 fully saturated rings. The van der Waals surface area contributed by atoms with Gasteiger partial charge >= 0.3 is 0 Å². The van der Waals surface area contributed by atoms with E-state index in [-0.39, 0.29) is 23.7 Å². The van der Waals surface area contributed by atoms with E-state index in [1.807, 2.05) is 18.2 Å². The van der Waals surface area contributed by atoms with Gasteiger partial charge in [0.1, 0.15) is 17.0 Å². The highest BCUT2D eigenvalue weighted by atomic mass is 35.5. The standard InChI is InChI=1S/C18H22ClN3O2.ClH/c1-12-15(16(22-24-12)13-5-3-4-6-14(13)19)17(23)21-11-18(2)7-9-20-10-8-18;/h3-6,20H,7-11H2,1-2H3,(H,21,23);1H. The molecule has 136 valence electrons. The molecule has 0 aliphatic carbocycles. The van der Waals surface area contributed by atoms with E-state index in [4.69, 9.17) is 16.1 Å². The molecule has 0 atom stereocenters. The van der Waals surface area contributed by atoms with Gasteiger partial charge in [-0.25, -0.2) is 0 Å². The number of benzene rings is 1. The first-order chi connectivity index (χ1) is 11.5. The fourth-order valence-corrected chi connectivity index (χ4v) is 3.29. The van der Waals surface area contributed by atoms with E-state index in [1.54, 1.807) is 13.0 Å². The van der Waals surface area contributed by atoms with Crippen molar-refractivity contribution in [3.8, 4) is 11.3 Å². The van der Waals surface area contributed by atoms with Crippen LogP contribution in [-0.4, -0.2) is 30.7 Å². The zero-order valence-electron chi connectivity index (χ0n) is 14.4. The molecule has 2 heterocycles. The Kier molecular flexibility index (Phi) is 6.49. The number of hydrogen-bond acceptors (Lipinski definition) is 4. The molecule has 7 heteroatoms. The van der Waals surface area contributed by atoms with Crippen molar-refractivity contribution in [2.45, 2.75) is 26.7 Å². The minimum atomic E-state index is -0.163. The van der Waals surface area contributed by atoms with Gasteiger partial charge in [0.15, 0.2) is 0 Å². The maximum absolute atomic E-state index is 12.7. The largest absolute Gasteiger partial charge is 0.360 e. The van der Waals surface area contributed by atoms with Crippen LogP contribution < -0.4 is 10.6 Å². The van der Waals surface area contributed by atoms with E-state index in [2.05, 4.69) is 22.7 Å². The first-order valence-corrected chi connectivity index (χ1v) is 8.58. The Morgan fingerprint density at radius 2 is 2.04 bits per heavy atom. The predicted octanol–water partition coefficient (Wildman–Crippen LogP) is 3.84. The second-order valence-corrected chi connectivity index (χ2v) is 7.09. The predicted molar refractivity (Wildman–Crippen MR) is 101 cm³/mol. The molecule has 0 spiro atoms. The lowest BCUT2D eigenvalue weighted by atomic mass is 9.81. The molecule has 2 N–H and O–H groups in total. The van der Waals surface area contributed by atoms with Gasteiger partial charge in [-0.2, -0.15) is 0 Å². The summed E-state index contributed by atoms with van der Waals surface area (Å²) >= 11 is 6.25. The number of nitrogens with zero attached hydrogens (tertiary/aromatic N) is 1. The highest BCUT2D eigenvalue weighted by Crippen LogP contribution is 2.31. The molecule has 1 aromatic heterocycles. The maximum atomic E-state index is 12.7. The Morgan fingerprint density at radius 3 is 2.72 bits per heavy atom. The normalized spacial score (nSPS) is 16.1. The molecule has 5 nitrogen and oxygen atoms in total. The maximum Gasteiger partial charge on any atom is 0.257 e. The number of amides is 1. The summed E-state index contributed by atoms with van der Waals surface area (Å²) in [7, 11) is 0. The molecule has 1 aliphatic rings. The van der Waals surface area contributed by atoms with Crippen LogP contribution in [0, 0.1) is 12.3 Å². The van der Waals surface area contributed by atoms with Crippen molar-refractivity contribution in [1.29, 1.82) is 0 Å². The lowest BCUT2D eigenvalue weighted by molar-refractivity contribution is 0.0921. The van der Waals surface area contributed by atoms with Gasteiger partial charge in [0.2, 0.25) is 0 Å². The number of hydrogen-bond donors (Lipinski definition) is 2. The summed E-state index contributed by atoms with van der Waals surface area (Å²) in [6.45, 7) is 6.57. The first kappa shape index (κ1) is 19.8. The van der Waals surface area contributed by atoms with Gasteiger partial charge in [0.05, 0.1) is 5.02 Å². The van der Waals surface area contributed by atoms with Crippen molar-refractivity contribution >= 4 is 29.9 Å². The average Bonchev–Trinajstić information content (AvgIpc) is 2.95. The Labute approximate surface area is 158 Å². The Hall–Kier alpha value is -1.56. The number of aromatic nitrogens is 1. The summed E-state index contributed by atoms with van der Waals surface area (Å²) in [5, 5.41) is 11.0. The molecule has 0 radical (unpaired) electrons. The van der Waals surface area contributed by atoms with E-state index in [0.29, 0.717) is 34.1 Å². The quantitative estimate of drug-likeness (QED) is 0.841. The van der Waals surface area contributed by atoms with Gasteiger partial charge < -0.3 is 15.2 Å². The lowest BCUT2D eigenvalue weighted by Gasteiger charge is -2.34. The van der Waals surface area contributed by atoms with Crippen molar-refractivity contribution in [3.63, 3.8) is 0 Å². The van der Waals surface area contributed by atoms with Gasteiger partial charge in [-0.1, -0.05) is 41.9 Å². The van der Waals surface area contributed by atoms with E-state index in [0.717, 1.165) is 25.9 Å². The van der Waals surface area contributed by atoms with Crippen LogP contribution in [0.25, 0.3) is 11.3 Å². The molecule has 3 rings (SSSR count). The summed E-state index contributed by atoms with van der Waals surface area (Å²) in [4.78, 5) is 12.7. The molecule has 2 aromatic rings. The number of nitrogens with one attached hydrogen (secondary N) is 2.